The molecule has 0 aliphatic carbocycles. The number of benzene rings is 1. The van der Waals surface area contributed by atoms with Crippen LogP contribution >= 0.6 is 23.1 Å². The van der Waals surface area contributed by atoms with E-state index < -0.39 is 11.2 Å². The van der Waals surface area contributed by atoms with Crippen LogP contribution in [-0.2, 0) is 17.0 Å². The van der Waals surface area contributed by atoms with Gasteiger partial charge >= 0.3 is 5.97 Å². The third-order valence-electron chi connectivity index (χ3n) is 2.61. The molecule has 0 spiro atoms. The zero-order chi connectivity index (χ0) is 13.7. The van der Waals surface area contributed by atoms with Gasteiger partial charge in [0.15, 0.2) is 0 Å². The van der Waals surface area contributed by atoms with Crippen LogP contribution in [0.15, 0.2) is 35.7 Å². The highest BCUT2D eigenvalue weighted by atomic mass is 32.2. The molecule has 0 saturated heterocycles. The number of aryl methyl sites for hydroxylation is 1. The van der Waals surface area contributed by atoms with Crippen molar-refractivity contribution in [1.82, 2.24) is 4.98 Å². The minimum Gasteiger partial charge on any atom is -0.480 e. The van der Waals surface area contributed by atoms with Crippen LogP contribution in [0.25, 0.3) is 0 Å². The van der Waals surface area contributed by atoms with E-state index in [1.807, 2.05) is 42.6 Å². The Morgan fingerprint density at radius 3 is 2.74 bits per heavy atom. The van der Waals surface area contributed by atoms with Gasteiger partial charge in [0.25, 0.3) is 0 Å². The van der Waals surface area contributed by atoms with Crippen LogP contribution in [0.4, 0.5) is 0 Å². The Morgan fingerprint density at radius 2 is 2.16 bits per heavy atom. The van der Waals surface area contributed by atoms with Crippen molar-refractivity contribution in [1.29, 1.82) is 0 Å². The summed E-state index contributed by atoms with van der Waals surface area (Å²) in [5.41, 5.74) is 2.05. The molecular weight excluding hydrogens is 278 g/mol. The zero-order valence-electron chi connectivity index (χ0n) is 10.6. The molecule has 1 atom stereocenters. The van der Waals surface area contributed by atoms with E-state index in [0.717, 1.165) is 16.3 Å². The molecule has 2 aromatic rings. The molecule has 1 aromatic heterocycles. The van der Waals surface area contributed by atoms with E-state index in [9.17, 15) is 9.90 Å². The molecule has 0 saturated carbocycles. The Bertz CT molecular complexity index is 539. The average molecular weight is 293 g/mol. The number of aromatic nitrogens is 1. The molecule has 0 aliphatic heterocycles. The van der Waals surface area contributed by atoms with Crippen LogP contribution in [0.3, 0.4) is 0 Å². The van der Waals surface area contributed by atoms with E-state index >= 15 is 0 Å². The highest BCUT2D eigenvalue weighted by molar-refractivity contribution is 7.99. The fraction of sp³-hybridized carbons (Fsp3) is 0.286. The summed E-state index contributed by atoms with van der Waals surface area (Å²) in [6.07, 6.45) is 0.547. The molecule has 0 fully saturated rings. The number of nitrogens with zero attached hydrogens (tertiary/aromatic N) is 1. The lowest BCUT2D eigenvalue weighted by Gasteiger charge is -2.11. The molecule has 2 rings (SSSR count). The lowest BCUT2D eigenvalue weighted by atomic mass is 10.1. The van der Waals surface area contributed by atoms with Crippen LogP contribution in [0.1, 0.15) is 16.3 Å². The Balaban J connectivity index is 1.95. The van der Waals surface area contributed by atoms with Gasteiger partial charge in [0.05, 0.1) is 0 Å². The van der Waals surface area contributed by atoms with Gasteiger partial charge in [-0.25, -0.2) is 4.98 Å². The lowest BCUT2D eigenvalue weighted by molar-refractivity contribution is -0.136. The Morgan fingerprint density at radius 1 is 1.42 bits per heavy atom. The molecule has 1 unspecified atom stereocenters. The van der Waals surface area contributed by atoms with Crippen molar-refractivity contribution >= 4 is 29.1 Å². The topological polar surface area (TPSA) is 50.2 Å². The van der Waals surface area contributed by atoms with Crippen molar-refractivity contribution < 1.29 is 9.90 Å². The minimum absolute atomic E-state index is 0.424. The summed E-state index contributed by atoms with van der Waals surface area (Å²) < 4.78 is 0. The van der Waals surface area contributed by atoms with Gasteiger partial charge in [0.2, 0.25) is 0 Å². The van der Waals surface area contributed by atoms with E-state index in [0.29, 0.717) is 12.2 Å². The fourth-order valence-corrected chi connectivity index (χ4v) is 3.58. The third kappa shape index (κ3) is 4.36. The molecule has 5 heteroatoms. The predicted octanol–water partition coefficient (Wildman–Crippen LogP) is 3.38. The van der Waals surface area contributed by atoms with Crippen molar-refractivity contribution in [2.24, 2.45) is 0 Å². The van der Waals surface area contributed by atoms with Crippen molar-refractivity contribution in [3.8, 4) is 0 Å². The molecule has 0 amide bonds. The van der Waals surface area contributed by atoms with Crippen molar-refractivity contribution in [3.63, 3.8) is 0 Å². The second-order valence-corrected chi connectivity index (χ2v) is 6.34. The first-order chi connectivity index (χ1) is 9.15. The SMILES string of the molecule is Cc1csc(CSC(Cc2ccccc2)C(=O)O)n1. The number of thioether (sulfide) groups is 1. The van der Waals surface area contributed by atoms with E-state index in [1.165, 1.54) is 11.8 Å². The second-order valence-electron chi connectivity index (χ2n) is 4.21. The number of aliphatic carboxylic acids is 1. The molecular formula is C14H15NO2S2. The van der Waals surface area contributed by atoms with E-state index in [1.54, 1.807) is 11.3 Å². The normalized spacial score (nSPS) is 12.3. The van der Waals surface area contributed by atoms with Crippen LogP contribution in [-0.4, -0.2) is 21.3 Å². The second kappa shape index (κ2) is 6.73. The molecule has 1 aromatic carbocycles. The summed E-state index contributed by atoms with van der Waals surface area (Å²) in [5, 5.41) is 11.8. The Labute approximate surface area is 120 Å². The first-order valence-electron chi connectivity index (χ1n) is 5.94. The van der Waals surface area contributed by atoms with Gasteiger partial charge in [0.1, 0.15) is 10.3 Å². The first-order valence-corrected chi connectivity index (χ1v) is 7.87. The molecule has 1 heterocycles. The molecule has 0 aliphatic rings. The summed E-state index contributed by atoms with van der Waals surface area (Å²) in [6, 6.07) is 9.73. The van der Waals surface area contributed by atoms with Gasteiger partial charge < -0.3 is 5.11 Å². The molecule has 1 N–H and O–H groups in total. The highest BCUT2D eigenvalue weighted by Crippen LogP contribution is 2.23. The average Bonchev–Trinajstić information content (AvgIpc) is 2.81. The molecule has 3 nitrogen and oxygen atoms in total. The quantitative estimate of drug-likeness (QED) is 0.887. The van der Waals surface area contributed by atoms with Crippen molar-refractivity contribution in [2.75, 3.05) is 0 Å². The van der Waals surface area contributed by atoms with Gasteiger partial charge in [-0.05, 0) is 18.9 Å². The van der Waals surface area contributed by atoms with Gasteiger partial charge in [-0.2, -0.15) is 0 Å². The van der Waals surface area contributed by atoms with Gasteiger partial charge in [0, 0.05) is 16.8 Å². The van der Waals surface area contributed by atoms with Gasteiger partial charge in [-0.1, -0.05) is 30.3 Å². The Kier molecular flexibility index (Phi) is 4.99. The summed E-state index contributed by atoms with van der Waals surface area (Å²) in [5.74, 6) is -0.107. The maximum Gasteiger partial charge on any atom is 0.316 e. The van der Waals surface area contributed by atoms with Crippen LogP contribution < -0.4 is 0 Å². The standard InChI is InChI=1S/C14H15NO2S2/c1-10-8-19-13(15-10)9-18-12(14(16)17)7-11-5-3-2-4-6-11/h2-6,8,12H,7,9H2,1H3,(H,16,17). The number of carbonyl (C=O) groups is 1. The largest absolute Gasteiger partial charge is 0.480 e. The number of hydrogen-bond acceptors (Lipinski definition) is 4. The molecule has 0 radical (unpaired) electrons. The number of rotatable bonds is 6. The molecule has 100 valence electrons. The monoisotopic (exact) mass is 293 g/mol. The summed E-state index contributed by atoms with van der Waals surface area (Å²) in [6.45, 7) is 1.95. The highest BCUT2D eigenvalue weighted by Gasteiger charge is 2.19. The number of thiazole rings is 1. The first kappa shape index (κ1) is 14.1. The van der Waals surface area contributed by atoms with Crippen molar-refractivity contribution in [3.05, 3.63) is 52.0 Å². The number of carboxylic acids is 1. The third-order valence-corrected chi connectivity index (χ3v) is 4.97. The number of carboxylic acid groups (broad SMARTS) is 1. The Hall–Kier alpha value is -1.33. The van der Waals surface area contributed by atoms with Gasteiger partial charge in [-0.3, -0.25) is 4.79 Å². The fourth-order valence-electron chi connectivity index (χ4n) is 1.69. The van der Waals surface area contributed by atoms with E-state index in [4.69, 9.17) is 0 Å². The van der Waals surface area contributed by atoms with Crippen LogP contribution in [0, 0.1) is 6.92 Å². The zero-order valence-corrected chi connectivity index (χ0v) is 12.2. The summed E-state index contributed by atoms with van der Waals surface area (Å²) in [7, 11) is 0. The molecule has 0 bridgehead atoms. The van der Waals surface area contributed by atoms with Crippen LogP contribution in [0.5, 0.6) is 0 Å². The predicted molar refractivity (Wildman–Crippen MR) is 79.7 cm³/mol. The number of hydrogen-bond donors (Lipinski definition) is 1. The van der Waals surface area contributed by atoms with Gasteiger partial charge in [-0.15, -0.1) is 23.1 Å². The van der Waals surface area contributed by atoms with Crippen LogP contribution in [0.2, 0.25) is 0 Å². The lowest BCUT2D eigenvalue weighted by Crippen LogP contribution is -2.19. The summed E-state index contributed by atoms with van der Waals surface area (Å²) >= 11 is 3.02. The maximum atomic E-state index is 11.3. The molecule has 19 heavy (non-hydrogen) atoms. The maximum absolute atomic E-state index is 11.3. The summed E-state index contributed by atoms with van der Waals surface area (Å²) in [4.78, 5) is 15.6. The van der Waals surface area contributed by atoms with Crippen molar-refractivity contribution in [2.45, 2.75) is 24.3 Å². The minimum atomic E-state index is -0.762. The van der Waals surface area contributed by atoms with E-state index in [2.05, 4.69) is 4.98 Å². The smallest absolute Gasteiger partial charge is 0.316 e. The van der Waals surface area contributed by atoms with E-state index in [-0.39, 0.29) is 0 Å².